The van der Waals surface area contributed by atoms with E-state index in [2.05, 4.69) is 228 Å². The topological polar surface area (TPSA) is 17.0 Å². The average molecular weight is 751 g/mol. The summed E-state index contributed by atoms with van der Waals surface area (Å²) in [6.07, 6.45) is 4.33. The van der Waals surface area contributed by atoms with Crippen molar-refractivity contribution in [2.24, 2.45) is 0 Å². The van der Waals surface area contributed by atoms with Gasteiger partial charge in [-0.05, 0) is 137 Å². The van der Waals surface area contributed by atoms with Crippen molar-refractivity contribution >= 4 is 60.1 Å². The molecule has 59 heavy (non-hydrogen) atoms. The maximum atomic E-state index is 3.73. The average Bonchev–Trinajstić information content (AvgIpc) is 3.65. The molecule has 12 rings (SSSR count). The number of nitrogens with one attached hydrogen (secondary N) is 1. The molecule has 0 saturated carbocycles. The Labute approximate surface area is 342 Å². The quantitative estimate of drug-likeness (QED) is 0.173. The summed E-state index contributed by atoms with van der Waals surface area (Å²) in [6, 6.07) is 76.0. The minimum Gasteiger partial charge on any atom is -0.380 e. The van der Waals surface area contributed by atoms with Crippen LogP contribution >= 0.6 is 0 Å². The van der Waals surface area contributed by atoms with Crippen molar-refractivity contribution in [3.8, 4) is 39.1 Å². The summed E-state index contributed by atoms with van der Waals surface area (Å²) >= 11 is 0. The summed E-state index contributed by atoms with van der Waals surface area (Å²) in [5, 5.41) is 15.0. The van der Waals surface area contributed by atoms with Crippen LogP contribution in [0, 0.1) is 0 Å². The number of para-hydroxylation sites is 1. The van der Waals surface area contributed by atoms with Crippen LogP contribution in [0.15, 0.2) is 212 Å². The Balaban J connectivity index is 1.14. The summed E-state index contributed by atoms with van der Waals surface area (Å²) < 4.78 is 2.42. The second-order valence-corrected chi connectivity index (χ2v) is 15.7. The van der Waals surface area contributed by atoms with Crippen molar-refractivity contribution in [2.75, 3.05) is 0 Å². The number of hydrogen-bond acceptors (Lipinski definition) is 1. The molecule has 0 radical (unpaired) electrons. The normalized spacial score (nSPS) is 13.7. The van der Waals surface area contributed by atoms with E-state index in [0.717, 1.165) is 5.69 Å². The molecule has 10 aromatic carbocycles. The molecule has 0 aliphatic carbocycles. The molecule has 2 heteroatoms. The highest BCUT2D eigenvalue weighted by atomic mass is 15.0. The molecule has 0 bridgehead atoms. The largest absolute Gasteiger partial charge is 0.380 e. The fourth-order valence-electron chi connectivity index (χ4n) is 9.72. The van der Waals surface area contributed by atoms with E-state index in [-0.39, 0.29) is 6.04 Å². The van der Waals surface area contributed by atoms with E-state index >= 15 is 0 Å². The monoisotopic (exact) mass is 750 g/mol. The van der Waals surface area contributed by atoms with Crippen LogP contribution in [-0.4, -0.2) is 4.57 Å². The molecule has 1 aromatic heterocycles. The smallest absolute Gasteiger partial charge is 0.0789 e. The fourth-order valence-corrected chi connectivity index (χ4v) is 9.72. The Kier molecular flexibility index (Phi) is 7.64. The first-order valence-electron chi connectivity index (χ1n) is 20.5. The molecule has 1 N–H and O–H groups in total. The molecular weight excluding hydrogens is 713 g/mol. The van der Waals surface area contributed by atoms with Gasteiger partial charge in [0.05, 0.1) is 17.3 Å². The van der Waals surface area contributed by atoms with Crippen LogP contribution < -0.4 is 5.32 Å². The zero-order valence-electron chi connectivity index (χ0n) is 32.3. The number of fused-ring (bicyclic) bond motifs is 7. The molecule has 2 heterocycles. The first kappa shape index (κ1) is 33.5. The van der Waals surface area contributed by atoms with Gasteiger partial charge in [-0.2, -0.15) is 0 Å². The van der Waals surface area contributed by atoms with Crippen LogP contribution in [0.5, 0.6) is 0 Å². The second-order valence-electron chi connectivity index (χ2n) is 15.7. The van der Waals surface area contributed by atoms with Gasteiger partial charge in [-0.3, -0.25) is 0 Å². The molecule has 0 spiro atoms. The van der Waals surface area contributed by atoms with Gasteiger partial charge in [0, 0.05) is 16.6 Å². The first-order valence-corrected chi connectivity index (χ1v) is 20.5. The maximum absolute atomic E-state index is 3.73. The van der Waals surface area contributed by atoms with E-state index < -0.39 is 0 Å². The van der Waals surface area contributed by atoms with Crippen LogP contribution in [0.3, 0.4) is 0 Å². The summed E-state index contributed by atoms with van der Waals surface area (Å²) in [5.41, 5.74) is 13.5. The summed E-state index contributed by atoms with van der Waals surface area (Å²) in [6.45, 7) is 0. The van der Waals surface area contributed by atoms with E-state index in [0.29, 0.717) is 0 Å². The third-order valence-electron chi connectivity index (χ3n) is 12.4. The lowest BCUT2D eigenvalue weighted by atomic mass is 9.84. The molecule has 0 fully saturated rings. The van der Waals surface area contributed by atoms with Crippen LogP contribution in [0.4, 0.5) is 0 Å². The molecule has 1 aliphatic rings. The second kappa shape index (κ2) is 13.5. The third-order valence-corrected chi connectivity index (χ3v) is 12.4. The van der Waals surface area contributed by atoms with Crippen molar-refractivity contribution in [3.05, 3.63) is 229 Å². The van der Waals surface area contributed by atoms with E-state index in [9.17, 15) is 0 Å². The molecule has 0 amide bonds. The van der Waals surface area contributed by atoms with Crippen molar-refractivity contribution in [1.29, 1.82) is 0 Å². The Hall–Kier alpha value is -7.68. The van der Waals surface area contributed by atoms with Crippen molar-refractivity contribution in [1.82, 2.24) is 9.88 Å². The minimum absolute atomic E-state index is 0.0193. The Morgan fingerprint density at radius 1 is 0.373 bits per heavy atom. The highest BCUT2D eigenvalue weighted by Crippen LogP contribution is 2.47. The van der Waals surface area contributed by atoms with E-state index in [1.807, 2.05) is 0 Å². The molecule has 2 nitrogen and oxygen atoms in total. The first-order chi connectivity index (χ1) is 29.3. The molecule has 1 unspecified atom stereocenters. The molecule has 0 saturated heterocycles. The lowest BCUT2D eigenvalue weighted by molar-refractivity contribution is 0.722. The fraction of sp³-hybridized carbons (Fsp3) is 0.0175. The van der Waals surface area contributed by atoms with Gasteiger partial charge in [0.25, 0.3) is 0 Å². The maximum Gasteiger partial charge on any atom is 0.0789 e. The lowest BCUT2D eigenvalue weighted by Crippen LogP contribution is -2.20. The standard InChI is InChI=1S/C57H38N2/c1-3-15-39(16-4-1)57-56-51-36-43(28-30-52(51)59(53(56)31-32-58-57)46-19-5-2-6-20-46)42-27-29-49-50(35-42)55(45-26-24-38-14-8-10-18-41(38)34-45)48-22-12-11-21-47(48)54(49)44-25-23-37-13-7-9-17-40(37)33-44/h1-36,57-58H. The van der Waals surface area contributed by atoms with Gasteiger partial charge in [0.2, 0.25) is 0 Å². The summed E-state index contributed by atoms with van der Waals surface area (Å²) in [5.74, 6) is 0. The minimum atomic E-state index is 0.0193. The Morgan fingerprint density at radius 3 is 1.54 bits per heavy atom. The van der Waals surface area contributed by atoms with Crippen molar-refractivity contribution < 1.29 is 0 Å². The summed E-state index contributed by atoms with van der Waals surface area (Å²) in [7, 11) is 0. The molecular formula is C57H38N2. The zero-order valence-corrected chi connectivity index (χ0v) is 32.3. The predicted octanol–water partition coefficient (Wildman–Crippen LogP) is 14.9. The number of benzene rings is 10. The number of nitrogens with zero attached hydrogens (tertiary/aromatic N) is 1. The Morgan fingerprint density at radius 2 is 0.881 bits per heavy atom. The van der Waals surface area contributed by atoms with Crippen LogP contribution in [0.2, 0.25) is 0 Å². The van der Waals surface area contributed by atoms with Gasteiger partial charge in [0.15, 0.2) is 0 Å². The van der Waals surface area contributed by atoms with E-state index in [4.69, 9.17) is 0 Å². The number of rotatable bonds is 5. The zero-order chi connectivity index (χ0) is 38.9. The van der Waals surface area contributed by atoms with Crippen molar-refractivity contribution in [3.63, 3.8) is 0 Å². The van der Waals surface area contributed by atoms with Gasteiger partial charge >= 0.3 is 0 Å². The molecule has 11 aromatic rings. The van der Waals surface area contributed by atoms with Gasteiger partial charge < -0.3 is 9.88 Å². The van der Waals surface area contributed by atoms with Gasteiger partial charge in [-0.25, -0.2) is 0 Å². The van der Waals surface area contributed by atoms with Crippen LogP contribution in [0.25, 0.3) is 99.1 Å². The predicted molar refractivity (Wildman–Crippen MR) is 250 cm³/mol. The van der Waals surface area contributed by atoms with Gasteiger partial charge in [-0.1, -0.05) is 164 Å². The van der Waals surface area contributed by atoms with Crippen LogP contribution in [0.1, 0.15) is 22.9 Å². The molecule has 1 aliphatic heterocycles. The Bertz CT molecular complexity index is 3460. The van der Waals surface area contributed by atoms with E-state index in [1.54, 1.807) is 0 Å². The molecule has 276 valence electrons. The van der Waals surface area contributed by atoms with Crippen LogP contribution in [-0.2, 0) is 0 Å². The molecule has 1 atom stereocenters. The highest BCUT2D eigenvalue weighted by molar-refractivity contribution is 6.22. The van der Waals surface area contributed by atoms with Gasteiger partial charge in [0.1, 0.15) is 0 Å². The van der Waals surface area contributed by atoms with E-state index in [1.165, 1.54) is 104 Å². The SMILES string of the molecule is C1=Cc2c(c3cc(-c4ccc5c(-c6ccc7ccccc7c6)c6ccccc6c(-c6ccc7ccccc7c6)c5c4)ccc3n2-c2ccccc2)C(c2ccccc2)N1. The third kappa shape index (κ3) is 5.41. The van der Waals surface area contributed by atoms with Crippen molar-refractivity contribution in [2.45, 2.75) is 6.04 Å². The summed E-state index contributed by atoms with van der Waals surface area (Å²) in [4.78, 5) is 0. The lowest BCUT2D eigenvalue weighted by Gasteiger charge is -2.23. The van der Waals surface area contributed by atoms with Gasteiger partial charge in [-0.15, -0.1) is 0 Å². The number of aromatic nitrogens is 1. The number of hydrogen-bond donors (Lipinski definition) is 1. The highest BCUT2D eigenvalue weighted by Gasteiger charge is 2.27.